The van der Waals surface area contributed by atoms with E-state index in [1.165, 1.54) is 5.56 Å². The Hall–Kier alpha value is -1.31. The predicted octanol–water partition coefficient (Wildman–Crippen LogP) is 2.66. The van der Waals surface area contributed by atoms with Crippen molar-refractivity contribution in [2.45, 2.75) is 26.7 Å². The molecule has 0 spiro atoms. The first-order valence-corrected chi connectivity index (χ1v) is 4.96. The lowest BCUT2D eigenvalue weighted by atomic mass is 10.0. The number of Topliss-reactive ketones (excluding diaryl/α,β-unsaturated/α-hetero) is 1. The highest BCUT2D eigenvalue weighted by atomic mass is 16.5. The fourth-order valence-corrected chi connectivity index (χ4v) is 1.68. The number of carbonyl (C=O) groups excluding carboxylic acids is 1. The third-order valence-corrected chi connectivity index (χ3v) is 2.70. The molecule has 0 radical (unpaired) electrons. The van der Waals surface area contributed by atoms with Crippen LogP contribution in [0.15, 0.2) is 12.1 Å². The lowest BCUT2D eigenvalue weighted by Gasteiger charge is -2.09. The molecule has 1 aliphatic heterocycles. The summed E-state index contributed by atoms with van der Waals surface area (Å²) in [5, 5.41) is 0. The zero-order chi connectivity index (χ0) is 10.1. The first-order chi connectivity index (χ1) is 6.68. The van der Waals surface area contributed by atoms with Crippen molar-refractivity contribution < 1.29 is 9.53 Å². The second-order valence-corrected chi connectivity index (χ2v) is 3.81. The Morgan fingerprint density at radius 1 is 1.21 bits per heavy atom. The Morgan fingerprint density at radius 3 is 2.71 bits per heavy atom. The molecule has 0 saturated carbocycles. The maximum atomic E-state index is 11.7. The summed E-state index contributed by atoms with van der Waals surface area (Å²) in [7, 11) is 0. The lowest BCUT2D eigenvalue weighted by molar-refractivity contribution is 0.0983. The third kappa shape index (κ3) is 1.52. The van der Waals surface area contributed by atoms with Crippen molar-refractivity contribution in [2.24, 2.45) is 0 Å². The number of carbonyl (C=O) groups is 1. The molecule has 2 heteroatoms. The molecule has 0 atom stereocenters. The SMILES string of the molecule is Cc1cc2c(cc1C)C(=O)CCCO2. The molecule has 14 heavy (non-hydrogen) atoms. The van der Waals surface area contributed by atoms with E-state index in [-0.39, 0.29) is 5.78 Å². The van der Waals surface area contributed by atoms with E-state index in [9.17, 15) is 4.79 Å². The topological polar surface area (TPSA) is 26.3 Å². The number of aryl methyl sites for hydroxylation is 2. The van der Waals surface area contributed by atoms with Gasteiger partial charge in [0.15, 0.2) is 5.78 Å². The maximum absolute atomic E-state index is 11.7. The van der Waals surface area contributed by atoms with Crippen LogP contribution in [0.4, 0.5) is 0 Å². The monoisotopic (exact) mass is 190 g/mol. The van der Waals surface area contributed by atoms with E-state index in [0.29, 0.717) is 13.0 Å². The molecule has 1 heterocycles. The van der Waals surface area contributed by atoms with Gasteiger partial charge in [0, 0.05) is 6.42 Å². The Labute approximate surface area is 83.9 Å². The summed E-state index contributed by atoms with van der Waals surface area (Å²) in [5.74, 6) is 0.969. The number of fused-ring (bicyclic) bond motifs is 1. The molecule has 1 aromatic rings. The first kappa shape index (κ1) is 9.25. The minimum Gasteiger partial charge on any atom is -0.493 e. The highest BCUT2D eigenvalue weighted by Crippen LogP contribution is 2.27. The zero-order valence-corrected chi connectivity index (χ0v) is 8.59. The van der Waals surface area contributed by atoms with Gasteiger partial charge < -0.3 is 4.74 Å². The number of hydrogen-bond acceptors (Lipinski definition) is 2. The number of rotatable bonds is 0. The number of ketones is 1. The lowest BCUT2D eigenvalue weighted by Crippen LogP contribution is -1.99. The Kier molecular flexibility index (Phi) is 2.28. The van der Waals surface area contributed by atoms with E-state index < -0.39 is 0 Å². The fraction of sp³-hybridized carbons (Fsp3) is 0.417. The molecule has 1 aromatic carbocycles. The molecule has 1 aliphatic rings. The van der Waals surface area contributed by atoms with Crippen molar-refractivity contribution >= 4 is 5.78 Å². The predicted molar refractivity (Wildman–Crippen MR) is 55.0 cm³/mol. The van der Waals surface area contributed by atoms with Crippen LogP contribution in [-0.2, 0) is 0 Å². The van der Waals surface area contributed by atoms with Gasteiger partial charge in [0.1, 0.15) is 5.75 Å². The smallest absolute Gasteiger partial charge is 0.166 e. The molecule has 0 aliphatic carbocycles. The largest absolute Gasteiger partial charge is 0.493 e. The second kappa shape index (κ2) is 3.45. The van der Waals surface area contributed by atoms with Crippen LogP contribution in [0, 0.1) is 13.8 Å². The van der Waals surface area contributed by atoms with Gasteiger partial charge in [-0.2, -0.15) is 0 Å². The molecule has 0 bridgehead atoms. The van der Waals surface area contributed by atoms with E-state index in [4.69, 9.17) is 4.74 Å². The number of ether oxygens (including phenoxy) is 1. The normalized spacial score (nSPS) is 15.7. The highest BCUT2D eigenvalue weighted by molar-refractivity contribution is 5.99. The van der Waals surface area contributed by atoms with Crippen LogP contribution in [0.1, 0.15) is 34.3 Å². The van der Waals surface area contributed by atoms with Crippen LogP contribution in [0.3, 0.4) is 0 Å². The second-order valence-electron chi connectivity index (χ2n) is 3.81. The summed E-state index contributed by atoms with van der Waals surface area (Å²) in [6, 6.07) is 3.91. The summed E-state index contributed by atoms with van der Waals surface area (Å²) in [5.41, 5.74) is 3.09. The van der Waals surface area contributed by atoms with Gasteiger partial charge in [-0.1, -0.05) is 0 Å². The van der Waals surface area contributed by atoms with Crippen molar-refractivity contribution in [1.29, 1.82) is 0 Å². The quantitative estimate of drug-likeness (QED) is 0.628. The van der Waals surface area contributed by atoms with Crippen LogP contribution < -0.4 is 4.74 Å². The molecule has 74 valence electrons. The fourth-order valence-electron chi connectivity index (χ4n) is 1.68. The van der Waals surface area contributed by atoms with E-state index >= 15 is 0 Å². The van der Waals surface area contributed by atoms with Crippen LogP contribution >= 0.6 is 0 Å². The van der Waals surface area contributed by atoms with Gasteiger partial charge in [0.2, 0.25) is 0 Å². The Balaban J connectivity index is 2.54. The van der Waals surface area contributed by atoms with Gasteiger partial charge >= 0.3 is 0 Å². The standard InChI is InChI=1S/C12H14O2/c1-8-6-10-11(13)4-3-5-14-12(10)7-9(8)2/h6-7H,3-5H2,1-2H3. The highest BCUT2D eigenvalue weighted by Gasteiger charge is 2.17. The van der Waals surface area contributed by atoms with Crippen LogP contribution in [-0.4, -0.2) is 12.4 Å². The van der Waals surface area contributed by atoms with Crippen molar-refractivity contribution in [3.63, 3.8) is 0 Å². The molecular weight excluding hydrogens is 176 g/mol. The molecule has 0 unspecified atom stereocenters. The third-order valence-electron chi connectivity index (χ3n) is 2.70. The molecule has 2 rings (SSSR count). The van der Waals surface area contributed by atoms with E-state index in [1.807, 2.05) is 26.0 Å². The number of hydrogen-bond donors (Lipinski definition) is 0. The number of benzene rings is 1. The van der Waals surface area contributed by atoms with Gasteiger partial charge in [0.05, 0.1) is 12.2 Å². The van der Waals surface area contributed by atoms with Crippen LogP contribution in [0.2, 0.25) is 0 Å². The van der Waals surface area contributed by atoms with Crippen LogP contribution in [0.5, 0.6) is 5.75 Å². The minimum absolute atomic E-state index is 0.209. The summed E-state index contributed by atoms with van der Waals surface area (Å²) in [6.07, 6.45) is 1.43. The van der Waals surface area contributed by atoms with Crippen molar-refractivity contribution in [1.82, 2.24) is 0 Å². The molecule has 0 N–H and O–H groups in total. The van der Waals surface area contributed by atoms with Gasteiger partial charge in [-0.25, -0.2) is 0 Å². The van der Waals surface area contributed by atoms with Crippen molar-refractivity contribution in [3.8, 4) is 5.75 Å². The summed E-state index contributed by atoms with van der Waals surface area (Å²) < 4.78 is 5.53. The molecule has 0 fully saturated rings. The zero-order valence-electron chi connectivity index (χ0n) is 8.59. The first-order valence-electron chi connectivity index (χ1n) is 4.96. The molecular formula is C12H14O2. The van der Waals surface area contributed by atoms with Gasteiger partial charge in [0.25, 0.3) is 0 Å². The Morgan fingerprint density at radius 2 is 1.93 bits per heavy atom. The summed E-state index contributed by atoms with van der Waals surface area (Å²) in [6.45, 7) is 4.71. The van der Waals surface area contributed by atoms with Crippen LogP contribution in [0.25, 0.3) is 0 Å². The summed E-state index contributed by atoms with van der Waals surface area (Å²) in [4.78, 5) is 11.7. The minimum atomic E-state index is 0.209. The molecule has 0 saturated heterocycles. The van der Waals surface area contributed by atoms with E-state index in [2.05, 4.69) is 0 Å². The van der Waals surface area contributed by atoms with Crippen molar-refractivity contribution in [2.75, 3.05) is 6.61 Å². The van der Waals surface area contributed by atoms with Gasteiger partial charge in [-0.05, 0) is 43.5 Å². The molecule has 0 amide bonds. The van der Waals surface area contributed by atoms with E-state index in [0.717, 1.165) is 23.3 Å². The molecule has 0 aromatic heterocycles. The molecule has 2 nitrogen and oxygen atoms in total. The van der Waals surface area contributed by atoms with E-state index in [1.54, 1.807) is 0 Å². The van der Waals surface area contributed by atoms with Gasteiger partial charge in [-0.15, -0.1) is 0 Å². The summed E-state index contributed by atoms with van der Waals surface area (Å²) >= 11 is 0. The maximum Gasteiger partial charge on any atom is 0.166 e. The average molecular weight is 190 g/mol. The van der Waals surface area contributed by atoms with Gasteiger partial charge in [-0.3, -0.25) is 4.79 Å². The average Bonchev–Trinajstić information content (AvgIpc) is 2.31. The Bertz CT molecular complexity index is 380. The van der Waals surface area contributed by atoms with Crippen molar-refractivity contribution in [3.05, 3.63) is 28.8 Å².